The van der Waals surface area contributed by atoms with Crippen LogP contribution in [-0.4, -0.2) is 20.3 Å². The molecule has 0 unspecified atom stereocenters. The van der Waals surface area contributed by atoms with E-state index in [1.54, 1.807) is 7.11 Å². The van der Waals surface area contributed by atoms with Gasteiger partial charge >= 0.3 is 0 Å². The summed E-state index contributed by atoms with van der Waals surface area (Å²) in [4.78, 5) is 0. The zero-order valence-electron chi connectivity index (χ0n) is 12.8. The van der Waals surface area contributed by atoms with Gasteiger partial charge in [0.2, 0.25) is 0 Å². The minimum absolute atomic E-state index is 0.637. The number of benzene rings is 2. The lowest BCUT2D eigenvalue weighted by atomic mass is 10.1. The number of para-hydroxylation sites is 1. The highest BCUT2D eigenvalue weighted by Crippen LogP contribution is 2.24. The van der Waals surface area contributed by atoms with Crippen molar-refractivity contribution in [2.75, 3.05) is 20.3 Å². The van der Waals surface area contributed by atoms with Crippen LogP contribution in [0.25, 0.3) is 0 Å². The molecule has 112 valence electrons. The van der Waals surface area contributed by atoms with Crippen molar-refractivity contribution in [1.29, 1.82) is 0 Å². The Morgan fingerprint density at radius 2 is 1.76 bits per heavy atom. The Balaban J connectivity index is 1.96. The van der Waals surface area contributed by atoms with Gasteiger partial charge in [-0.1, -0.05) is 30.3 Å². The van der Waals surface area contributed by atoms with Crippen LogP contribution in [0.1, 0.15) is 16.7 Å². The summed E-state index contributed by atoms with van der Waals surface area (Å²) in [5.41, 5.74) is 9.25. The van der Waals surface area contributed by atoms with E-state index in [0.717, 1.165) is 29.9 Å². The van der Waals surface area contributed by atoms with E-state index in [2.05, 4.69) is 37.3 Å². The van der Waals surface area contributed by atoms with Gasteiger partial charge in [-0.25, -0.2) is 0 Å². The Bertz CT molecular complexity index is 564. The molecule has 0 fully saturated rings. The van der Waals surface area contributed by atoms with Crippen molar-refractivity contribution in [1.82, 2.24) is 0 Å². The lowest BCUT2D eigenvalue weighted by molar-refractivity contribution is 0.316. The molecule has 2 N–H and O–H groups in total. The molecule has 0 aliphatic carbocycles. The van der Waals surface area contributed by atoms with Crippen molar-refractivity contribution >= 4 is 0 Å². The molecule has 2 aromatic rings. The van der Waals surface area contributed by atoms with Gasteiger partial charge < -0.3 is 15.2 Å². The summed E-state index contributed by atoms with van der Waals surface area (Å²) < 4.78 is 11.2. The van der Waals surface area contributed by atoms with Crippen LogP contribution in [0.15, 0.2) is 42.5 Å². The Kier molecular flexibility index (Phi) is 5.64. The lowest BCUT2D eigenvalue weighted by Gasteiger charge is -2.14. The summed E-state index contributed by atoms with van der Waals surface area (Å²) in [6.45, 7) is 3.37. The summed E-state index contributed by atoms with van der Waals surface area (Å²) in [5, 5.41) is 0. The van der Waals surface area contributed by atoms with Crippen LogP contribution in [-0.2, 0) is 12.8 Å². The molecule has 0 saturated heterocycles. The third-order valence-electron chi connectivity index (χ3n) is 3.50. The number of nitrogens with two attached hydrogens (primary N) is 1. The maximum atomic E-state index is 5.99. The molecule has 0 heterocycles. The van der Waals surface area contributed by atoms with Gasteiger partial charge in [-0.3, -0.25) is 0 Å². The van der Waals surface area contributed by atoms with Gasteiger partial charge in [0, 0.05) is 6.42 Å². The maximum Gasteiger partial charge on any atom is 0.125 e. The van der Waals surface area contributed by atoms with Gasteiger partial charge in [0.1, 0.15) is 11.5 Å². The molecule has 0 amide bonds. The quantitative estimate of drug-likeness (QED) is 0.850. The molecule has 21 heavy (non-hydrogen) atoms. The number of ether oxygens (including phenoxy) is 2. The van der Waals surface area contributed by atoms with Crippen molar-refractivity contribution in [3.63, 3.8) is 0 Å². The second-order valence-corrected chi connectivity index (χ2v) is 5.05. The van der Waals surface area contributed by atoms with Crippen molar-refractivity contribution in [2.24, 2.45) is 5.73 Å². The molecular weight excluding hydrogens is 262 g/mol. The highest BCUT2D eigenvalue weighted by Gasteiger charge is 2.06. The topological polar surface area (TPSA) is 44.5 Å². The summed E-state index contributed by atoms with van der Waals surface area (Å²) in [7, 11) is 1.68. The van der Waals surface area contributed by atoms with E-state index < -0.39 is 0 Å². The first-order valence-corrected chi connectivity index (χ1v) is 7.29. The van der Waals surface area contributed by atoms with Crippen molar-refractivity contribution in [3.05, 3.63) is 59.2 Å². The van der Waals surface area contributed by atoms with Gasteiger partial charge in [0.25, 0.3) is 0 Å². The van der Waals surface area contributed by atoms with Crippen LogP contribution < -0.4 is 15.2 Å². The molecule has 0 atom stereocenters. The second kappa shape index (κ2) is 7.70. The van der Waals surface area contributed by atoms with Crippen LogP contribution in [0.3, 0.4) is 0 Å². The van der Waals surface area contributed by atoms with Gasteiger partial charge in [-0.15, -0.1) is 0 Å². The third-order valence-corrected chi connectivity index (χ3v) is 3.50. The van der Waals surface area contributed by atoms with Gasteiger partial charge in [-0.2, -0.15) is 0 Å². The molecule has 0 spiro atoms. The number of aryl methyl sites for hydroxylation is 1. The lowest BCUT2D eigenvalue weighted by Crippen LogP contribution is -2.08. The Labute approximate surface area is 126 Å². The van der Waals surface area contributed by atoms with Crippen LogP contribution in [0.5, 0.6) is 11.5 Å². The molecule has 3 nitrogen and oxygen atoms in total. The van der Waals surface area contributed by atoms with E-state index in [9.17, 15) is 0 Å². The molecule has 3 heteroatoms. The van der Waals surface area contributed by atoms with Gasteiger partial charge in [0.05, 0.1) is 13.7 Å². The fourth-order valence-corrected chi connectivity index (χ4v) is 2.34. The van der Waals surface area contributed by atoms with Crippen LogP contribution in [0.2, 0.25) is 0 Å². The highest BCUT2D eigenvalue weighted by molar-refractivity contribution is 5.41. The molecule has 0 bridgehead atoms. The molecule has 0 aliphatic rings. The summed E-state index contributed by atoms with van der Waals surface area (Å²) in [5.74, 6) is 1.86. The minimum atomic E-state index is 0.637. The first kappa shape index (κ1) is 15.4. The smallest absolute Gasteiger partial charge is 0.125 e. The predicted molar refractivity (Wildman–Crippen MR) is 86.1 cm³/mol. The maximum absolute atomic E-state index is 5.99. The first-order valence-electron chi connectivity index (χ1n) is 7.29. The van der Waals surface area contributed by atoms with Crippen molar-refractivity contribution in [2.45, 2.75) is 19.8 Å². The van der Waals surface area contributed by atoms with E-state index in [1.807, 2.05) is 12.1 Å². The summed E-state index contributed by atoms with van der Waals surface area (Å²) in [6, 6.07) is 14.3. The van der Waals surface area contributed by atoms with E-state index in [4.69, 9.17) is 15.2 Å². The average molecular weight is 285 g/mol. The van der Waals surface area contributed by atoms with E-state index in [1.165, 1.54) is 11.1 Å². The zero-order chi connectivity index (χ0) is 15.1. The van der Waals surface area contributed by atoms with E-state index in [-0.39, 0.29) is 0 Å². The van der Waals surface area contributed by atoms with E-state index >= 15 is 0 Å². The monoisotopic (exact) mass is 285 g/mol. The normalized spacial score (nSPS) is 10.4. The van der Waals surface area contributed by atoms with Crippen molar-refractivity contribution in [3.8, 4) is 11.5 Å². The van der Waals surface area contributed by atoms with Crippen LogP contribution >= 0.6 is 0 Å². The first-order chi connectivity index (χ1) is 10.2. The number of hydrogen-bond acceptors (Lipinski definition) is 3. The zero-order valence-corrected chi connectivity index (χ0v) is 12.8. The minimum Gasteiger partial charge on any atom is -0.497 e. The number of hydrogen-bond donors (Lipinski definition) is 1. The highest BCUT2D eigenvalue weighted by atomic mass is 16.5. The second-order valence-electron chi connectivity index (χ2n) is 5.05. The van der Waals surface area contributed by atoms with Gasteiger partial charge in [0.15, 0.2) is 0 Å². The molecule has 0 aliphatic heterocycles. The SMILES string of the molecule is COc1ccc(CCOc2c(C)cccc2CCN)cc1. The molecule has 0 saturated carbocycles. The Morgan fingerprint density at radius 3 is 2.43 bits per heavy atom. The summed E-state index contributed by atoms with van der Waals surface area (Å²) >= 11 is 0. The standard InChI is InChI=1S/C18H23NO2/c1-14-4-3-5-16(10-12-19)18(14)21-13-11-15-6-8-17(20-2)9-7-15/h3-9H,10-13,19H2,1-2H3. The Morgan fingerprint density at radius 1 is 1.00 bits per heavy atom. The molecular formula is C18H23NO2. The number of rotatable bonds is 7. The van der Waals surface area contributed by atoms with Crippen LogP contribution in [0.4, 0.5) is 0 Å². The average Bonchev–Trinajstić information content (AvgIpc) is 2.51. The molecule has 0 aromatic heterocycles. The molecule has 2 aromatic carbocycles. The van der Waals surface area contributed by atoms with Crippen molar-refractivity contribution < 1.29 is 9.47 Å². The molecule has 0 radical (unpaired) electrons. The predicted octanol–water partition coefficient (Wildman–Crippen LogP) is 3.13. The largest absolute Gasteiger partial charge is 0.497 e. The third kappa shape index (κ3) is 4.23. The van der Waals surface area contributed by atoms with E-state index in [0.29, 0.717) is 13.2 Å². The number of methoxy groups -OCH3 is 1. The molecule has 2 rings (SSSR count). The van der Waals surface area contributed by atoms with Gasteiger partial charge in [-0.05, 0) is 48.7 Å². The fraction of sp³-hybridized carbons (Fsp3) is 0.333. The Hall–Kier alpha value is -2.00. The van der Waals surface area contributed by atoms with Crippen LogP contribution in [0, 0.1) is 6.92 Å². The summed E-state index contributed by atoms with van der Waals surface area (Å²) in [6.07, 6.45) is 1.72. The fourth-order valence-electron chi connectivity index (χ4n) is 2.34.